The highest BCUT2D eigenvalue weighted by atomic mass is 14.9. The van der Waals surface area contributed by atoms with Crippen molar-refractivity contribution in [1.82, 2.24) is 15.0 Å². The summed E-state index contributed by atoms with van der Waals surface area (Å²) in [5, 5.41) is 0. The third-order valence-corrected chi connectivity index (χ3v) is 5.84. The van der Waals surface area contributed by atoms with Crippen LogP contribution in [0.25, 0.3) is 56.1 Å². The van der Waals surface area contributed by atoms with Crippen molar-refractivity contribution in [1.29, 1.82) is 0 Å². The molecule has 33 heavy (non-hydrogen) atoms. The van der Waals surface area contributed by atoms with Crippen LogP contribution in [0, 0.1) is 0 Å². The van der Waals surface area contributed by atoms with Gasteiger partial charge in [0.05, 0.1) is 16.9 Å². The molecule has 0 bridgehead atoms. The molecule has 6 aromatic rings. The minimum absolute atomic E-state index is 0.840. The fraction of sp³-hybridized carbons (Fsp3) is 0. The van der Waals surface area contributed by atoms with Crippen LogP contribution in [0.15, 0.2) is 121 Å². The third-order valence-electron chi connectivity index (χ3n) is 5.84. The van der Waals surface area contributed by atoms with Crippen LogP contribution in [0.1, 0.15) is 0 Å². The Bertz CT molecular complexity index is 1520. The van der Waals surface area contributed by atoms with Crippen LogP contribution in [0.5, 0.6) is 0 Å². The minimum Gasteiger partial charge on any atom is -0.336 e. The molecule has 4 aromatic carbocycles. The second kappa shape index (κ2) is 8.21. The van der Waals surface area contributed by atoms with Gasteiger partial charge < -0.3 is 4.98 Å². The van der Waals surface area contributed by atoms with Crippen molar-refractivity contribution in [3.05, 3.63) is 121 Å². The second-order valence-electron chi connectivity index (χ2n) is 7.96. The average molecular weight is 424 g/mol. The second-order valence-corrected chi connectivity index (χ2v) is 7.96. The first-order valence-electron chi connectivity index (χ1n) is 11.0. The Morgan fingerprint density at radius 3 is 1.42 bits per heavy atom. The van der Waals surface area contributed by atoms with E-state index < -0.39 is 0 Å². The van der Waals surface area contributed by atoms with Crippen LogP contribution in [-0.4, -0.2) is 15.0 Å². The van der Waals surface area contributed by atoms with E-state index in [1.807, 2.05) is 48.5 Å². The molecule has 0 unspecified atom stereocenters. The summed E-state index contributed by atoms with van der Waals surface area (Å²) in [6.45, 7) is 0. The summed E-state index contributed by atoms with van der Waals surface area (Å²) >= 11 is 0. The summed E-state index contributed by atoms with van der Waals surface area (Å²) in [5.41, 5.74) is 9.01. The van der Waals surface area contributed by atoms with E-state index in [1.54, 1.807) is 0 Å². The van der Waals surface area contributed by atoms with E-state index in [2.05, 4.69) is 77.8 Å². The monoisotopic (exact) mass is 423 g/mol. The number of fused-ring (bicyclic) bond motifs is 1. The molecule has 1 N–H and O–H groups in total. The predicted octanol–water partition coefficient (Wildman–Crippen LogP) is 7.63. The lowest BCUT2D eigenvalue weighted by atomic mass is 9.96. The molecule has 2 aromatic heterocycles. The molecule has 0 amide bonds. The first-order chi connectivity index (χ1) is 16.4. The van der Waals surface area contributed by atoms with E-state index in [-0.39, 0.29) is 0 Å². The van der Waals surface area contributed by atoms with E-state index in [0.717, 1.165) is 56.1 Å². The maximum absolute atomic E-state index is 5.25. The SMILES string of the molecule is c1ccc(-c2nc3c(-c4ccccc4)c(-c4ccccc4)nc(-c4ccccc4)c3[nH]2)cc1. The standard InChI is InChI=1S/C30H21N3/c1-5-13-21(14-6-1)25-26(22-15-7-2-8-16-22)31-27(23-17-9-3-10-18-23)29-28(25)32-30(33-29)24-19-11-4-12-20-24/h1-20H,(H,32,33). The molecule has 0 saturated carbocycles. The molecule has 2 heterocycles. The van der Waals surface area contributed by atoms with Gasteiger partial charge in [-0.1, -0.05) is 121 Å². The minimum atomic E-state index is 0.840. The molecule has 0 saturated heterocycles. The lowest BCUT2D eigenvalue weighted by Gasteiger charge is -2.13. The maximum Gasteiger partial charge on any atom is 0.138 e. The topological polar surface area (TPSA) is 41.6 Å². The number of nitrogens with zero attached hydrogens (tertiary/aromatic N) is 2. The summed E-state index contributed by atoms with van der Waals surface area (Å²) < 4.78 is 0. The van der Waals surface area contributed by atoms with Crippen LogP contribution in [0.4, 0.5) is 0 Å². The van der Waals surface area contributed by atoms with Crippen molar-refractivity contribution in [3.8, 4) is 45.0 Å². The highest BCUT2D eigenvalue weighted by Gasteiger charge is 2.21. The Morgan fingerprint density at radius 1 is 0.424 bits per heavy atom. The Labute approximate surface area is 192 Å². The molecule has 156 valence electrons. The van der Waals surface area contributed by atoms with Crippen LogP contribution in [0.2, 0.25) is 0 Å². The van der Waals surface area contributed by atoms with Gasteiger partial charge in [-0.25, -0.2) is 9.97 Å². The van der Waals surface area contributed by atoms with Gasteiger partial charge in [-0.15, -0.1) is 0 Å². The number of imidazole rings is 1. The van der Waals surface area contributed by atoms with Gasteiger partial charge in [-0.3, -0.25) is 0 Å². The zero-order chi connectivity index (χ0) is 22.0. The average Bonchev–Trinajstić information content (AvgIpc) is 3.35. The van der Waals surface area contributed by atoms with Crippen molar-refractivity contribution in [2.24, 2.45) is 0 Å². The predicted molar refractivity (Wildman–Crippen MR) is 136 cm³/mol. The van der Waals surface area contributed by atoms with Crippen LogP contribution >= 0.6 is 0 Å². The highest BCUT2D eigenvalue weighted by molar-refractivity contribution is 6.05. The van der Waals surface area contributed by atoms with E-state index in [4.69, 9.17) is 9.97 Å². The highest BCUT2D eigenvalue weighted by Crippen LogP contribution is 2.40. The Kier molecular flexibility index (Phi) is 4.78. The maximum atomic E-state index is 5.25. The molecule has 0 aliphatic heterocycles. The normalized spacial score (nSPS) is 11.0. The largest absolute Gasteiger partial charge is 0.336 e. The summed E-state index contributed by atoms with van der Waals surface area (Å²) in [6, 6.07) is 41.3. The quantitative estimate of drug-likeness (QED) is 0.317. The molecule has 0 aliphatic rings. The molecule has 0 fully saturated rings. The molecule has 3 nitrogen and oxygen atoms in total. The molecule has 6 rings (SSSR count). The number of aromatic nitrogens is 3. The zero-order valence-corrected chi connectivity index (χ0v) is 17.9. The number of pyridine rings is 1. The number of hydrogen-bond acceptors (Lipinski definition) is 2. The molecular formula is C30H21N3. The van der Waals surface area contributed by atoms with Gasteiger partial charge in [0.15, 0.2) is 0 Å². The van der Waals surface area contributed by atoms with E-state index in [1.165, 1.54) is 0 Å². The fourth-order valence-corrected chi connectivity index (χ4v) is 4.28. The van der Waals surface area contributed by atoms with Crippen molar-refractivity contribution in [2.75, 3.05) is 0 Å². The van der Waals surface area contributed by atoms with Crippen molar-refractivity contribution >= 4 is 11.0 Å². The van der Waals surface area contributed by atoms with Gasteiger partial charge in [0.1, 0.15) is 11.3 Å². The Hall–Kier alpha value is -4.50. The summed E-state index contributed by atoms with van der Waals surface area (Å²) in [7, 11) is 0. The molecule has 0 aliphatic carbocycles. The van der Waals surface area contributed by atoms with Crippen LogP contribution in [0.3, 0.4) is 0 Å². The number of hydrogen-bond donors (Lipinski definition) is 1. The summed E-state index contributed by atoms with van der Waals surface area (Å²) in [5.74, 6) is 0.840. The molecule has 0 radical (unpaired) electrons. The fourth-order valence-electron chi connectivity index (χ4n) is 4.28. The Morgan fingerprint density at radius 2 is 0.879 bits per heavy atom. The van der Waals surface area contributed by atoms with Gasteiger partial charge in [-0.05, 0) is 5.56 Å². The van der Waals surface area contributed by atoms with Crippen LogP contribution < -0.4 is 0 Å². The Balaban J connectivity index is 1.75. The first kappa shape index (κ1) is 19.2. The van der Waals surface area contributed by atoms with E-state index in [9.17, 15) is 0 Å². The van der Waals surface area contributed by atoms with E-state index in [0.29, 0.717) is 0 Å². The smallest absolute Gasteiger partial charge is 0.138 e. The molecular weight excluding hydrogens is 402 g/mol. The van der Waals surface area contributed by atoms with Gasteiger partial charge in [0, 0.05) is 22.3 Å². The summed E-state index contributed by atoms with van der Waals surface area (Å²) in [4.78, 5) is 14.0. The lowest BCUT2D eigenvalue weighted by Crippen LogP contribution is -1.95. The third kappa shape index (κ3) is 3.50. The van der Waals surface area contributed by atoms with Gasteiger partial charge in [-0.2, -0.15) is 0 Å². The number of benzene rings is 4. The van der Waals surface area contributed by atoms with E-state index >= 15 is 0 Å². The van der Waals surface area contributed by atoms with Crippen molar-refractivity contribution < 1.29 is 0 Å². The number of nitrogens with one attached hydrogen (secondary N) is 1. The van der Waals surface area contributed by atoms with Gasteiger partial charge >= 0.3 is 0 Å². The molecule has 0 spiro atoms. The molecule has 3 heteroatoms. The van der Waals surface area contributed by atoms with Crippen molar-refractivity contribution in [3.63, 3.8) is 0 Å². The zero-order valence-electron chi connectivity index (χ0n) is 17.9. The number of H-pyrrole nitrogens is 1. The van der Waals surface area contributed by atoms with Crippen molar-refractivity contribution in [2.45, 2.75) is 0 Å². The molecule has 0 atom stereocenters. The van der Waals surface area contributed by atoms with Gasteiger partial charge in [0.25, 0.3) is 0 Å². The lowest BCUT2D eigenvalue weighted by molar-refractivity contribution is 1.32. The first-order valence-corrected chi connectivity index (χ1v) is 11.0. The number of aromatic amines is 1. The summed E-state index contributed by atoms with van der Waals surface area (Å²) in [6.07, 6.45) is 0. The van der Waals surface area contributed by atoms with Crippen LogP contribution in [-0.2, 0) is 0 Å². The number of rotatable bonds is 4. The van der Waals surface area contributed by atoms with Gasteiger partial charge in [0.2, 0.25) is 0 Å².